The summed E-state index contributed by atoms with van der Waals surface area (Å²) in [6.45, 7) is 3.75. The first-order valence-electron chi connectivity index (χ1n) is 5.80. The van der Waals surface area contributed by atoms with Crippen LogP contribution in [-0.2, 0) is 6.54 Å². The van der Waals surface area contributed by atoms with Crippen LogP contribution in [0.15, 0.2) is 0 Å². The molecule has 1 rings (SSSR count). The highest BCUT2D eigenvalue weighted by molar-refractivity contribution is 7.15. The molecule has 0 amide bonds. The molecular weight excluding hydrogens is 263 g/mol. The molecule has 7 heteroatoms. The molecular formula is C11H18F3N3S. The first-order chi connectivity index (χ1) is 8.37. The van der Waals surface area contributed by atoms with Gasteiger partial charge in [0, 0.05) is 18.0 Å². The van der Waals surface area contributed by atoms with Crippen LogP contribution in [0.3, 0.4) is 0 Å². The highest BCUT2D eigenvalue weighted by Gasteiger charge is 2.31. The van der Waals surface area contributed by atoms with E-state index in [2.05, 4.69) is 10.3 Å². The zero-order chi connectivity index (χ0) is 13.8. The number of thiazole rings is 1. The molecule has 0 atom stereocenters. The molecule has 0 aliphatic heterocycles. The van der Waals surface area contributed by atoms with Gasteiger partial charge in [-0.25, -0.2) is 4.98 Å². The van der Waals surface area contributed by atoms with Crippen molar-refractivity contribution in [3.63, 3.8) is 0 Å². The Morgan fingerprint density at radius 2 is 2.06 bits per heavy atom. The van der Waals surface area contributed by atoms with Gasteiger partial charge in [0.15, 0.2) is 5.13 Å². The van der Waals surface area contributed by atoms with Gasteiger partial charge in [-0.2, -0.15) is 13.2 Å². The number of aryl methyl sites for hydroxylation is 1. The lowest BCUT2D eigenvalue weighted by atomic mass is 10.4. The van der Waals surface area contributed by atoms with Crippen molar-refractivity contribution in [3.8, 4) is 0 Å². The molecule has 1 aromatic rings. The summed E-state index contributed by atoms with van der Waals surface area (Å²) >= 11 is 1.33. The lowest BCUT2D eigenvalue weighted by molar-refractivity contribution is -0.119. The van der Waals surface area contributed by atoms with E-state index >= 15 is 0 Å². The number of aromatic nitrogens is 1. The van der Waals surface area contributed by atoms with E-state index < -0.39 is 12.7 Å². The third-order valence-corrected chi connectivity index (χ3v) is 3.57. The Labute approximate surface area is 109 Å². The number of nitrogens with zero attached hydrogens (tertiary/aromatic N) is 2. The van der Waals surface area contributed by atoms with E-state index in [0.29, 0.717) is 24.6 Å². The first kappa shape index (κ1) is 15.2. The molecule has 1 heterocycles. The average molecular weight is 281 g/mol. The Hall–Kier alpha value is -0.820. The number of rotatable bonds is 6. The standard InChI is InChI=1S/C11H18F3N3S/c1-4-5-17(7-11(12,13)14)10-16-8(2)9(18-10)6-15-3/h15H,4-7H2,1-3H3. The fraction of sp³-hybridized carbons (Fsp3) is 0.727. The number of hydrogen-bond donors (Lipinski definition) is 1. The van der Waals surface area contributed by atoms with E-state index in [1.165, 1.54) is 16.2 Å². The number of hydrogen-bond acceptors (Lipinski definition) is 4. The molecule has 0 aliphatic rings. The molecule has 104 valence electrons. The van der Waals surface area contributed by atoms with Gasteiger partial charge in [-0.05, 0) is 20.4 Å². The average Bonchev–Trinajstić information content (AvgIpc) is 2.59. The number of halogens is 3. The lowest BCUT2D eigenvalue weighted by Crippen LogP contribution is -2.34. The molecule has 1 N–H and O–H groups in total. The predicted octanol–water partition coefficient (Wildman–Crippen LogP) is 2.95. The van der Waals surface area contributed by atoms with E-state index in [1.54, 1.807) is 7.05 Å². The molecule has 0 aromatic carbocycles. The summed E-state index contributed by atoms with van der Waals surface area (Å²) in [6.07, 6.45) is -3.53. The quantitative estimate of drug-likeness (QED) is 0.869. The van der Waals surface area contributed by atoms with Gasteiger partial charge in [0.25, 0.3) is 0 Å². The first-order valence-corrected chi connectivity index (χ1v) is 6.61. The Kier molecular flexibility index (Phi) is 5.40. The summed E-state index contributed by atoms with van der Waals surface area (Å²) < 4.78 is 37.5. The summed E-state index contributed by atoms with van der Waals surface area (Å²) in [5.74, 6) is 0. The summed E-state index contributed by atoms with van der Waals surface area (Å²) in [5, 5.41) is 3.44. The molecule has 0 fully saturated rings. The van der Waals surface area contributed by atoms with Crippen molar-refractivity contribution in [1.82, 2.24) is 10.3 Å². The third kappa shape index (κ3) is 4.45. The summed E-state index contributed by atoms with van der Waals surface area (Å²) in [5.41, 5.74) is 0.799. The van der Waals surface area contributed by atoms with Crippen LogP contribution in [-0.4, -0.2) is 31.3 Å². The Balaban J connectivity index is 2.88. The maximum atomic E-state index is 12.5. The molecule has 1 aromatic heterocycles. The fourth-order valence-electron chi connectivity index (χ4n) is 1.60. The van der Waals surface area contributed by atoms with E-state index in [9.17, 15) is 13.2 Å². The number of nitrogens with one attached hydrogen (secondary N) is 1. The Morgan fingerprint density at radius 3 is 2.56 bits per heavy atom. The smallest absolute Gasteiger partial charge is 0.339 e. The zero-order valence-corrected chi connectivity index (χ0v) is 11.6. The van der Waals surface area contributed by atoms with Gasteiger partial charge in [0.05, 0.1) is 5.69 Å². The van der Waals surface area contributed by atoms with Crippen molar-refractivity contribution in [2.75, 3.05) is 25.0 Å². The molecule has 0 spiro atoms. The molecule has 0 aliphatic carbocycles. The van der Waals surface area contributed by atoms with Crippen LogP contribution < -0.4 is 10.2 Å². The summed E-state index contributed by atoms with van der Waals surface area (Å²) in [7, 11) is 1.80. The molecule has 0 radical (unpaired) electrons. The van der Waals surface area contributed by atoms with Gasteiger partial charge < -0.3 is 10.2 Å². The van der Waals surface area contributed by atoms with Crippen molar-refractivity contribution in [2.24, 2.45) is 0 Å². The van der Waals surface area contributed by atoms with Crippen LogP contribution in [0.5, 0.6) is 0 Å². The molecule has 18 heavy (non-hydrogen) atoms. The van der Waals surface area contributed by atoms with Crippen molar-refractivity contribution in [1.29, 1.82) is 0 Å². The maximum Gasteiger partial charge on any atom is 0.406 e. The van der Waals surface area contributed by atoms with Crippen LogP contribution in [0.1, 0.15) is 23.9 Å². The Bertz CT molecular complexity index is 376. The topological polar surface area (TPSA) is 28.2 Å². The van der Waals surface area contributed by atoms with Crippen molar-refractivity contribution >= 4 is 16.5 Å². The van der Waals surface area contributed by atoms with Gasteiger partial charge in [-0.15, -0.1) is 11.3 Å². The normalized spacial score (nSPS) is 11.9. The maximum absolute atomic E-state index is 12.5. The molecule has 0 saturated carbocycles. The van der Waals surface area contributed by atoms with E-state index in [4.69, 9.17) is 0 Å². The van der Waals surface area contributed by atoms with Gasteiger partial charge in [-0.1, -0.05) is 6.92 Å². The molecule has 0 saturated heterocycles. The molecule has 0 unspecified atom stereocenters. The molecule has 0 bridgehead atoms. The lowest BCUT2D eigenvalue weighted by Gasteiger charge is -2.22. The van der Waals surface area contributed by atoms with Crippen LogP contribution in [0.25, 0.3) is 0 Å². The zero-order valence-electron chi connectivity index (χ0n) is 10.8. The van der Waals surface area contributed by atoms with E-state index in [0.717, 1.165) is 10.6 Å². The molecule has 3 nitrogen and oxygen atoms in total. The summed E-state index contributed by atoms with van der Waals surface area (Å²) in [6, 6.07) is 0. The third-order valence-electron chi connectivity index (χ3n) is 2.35. The van der Waals surface area contributed by atoms with E-state index in [1.807, 2.05) is 13.8 Å². The second-order valence-corrected chi connectivity index (χ2v) is 5.13. The monoisotopic (exact) mass is 281 g/mol. The number of alkyl halides is 3. The van der Waals surface area contributed by atoms with Gasteiger partial charge in [0.1, 0.15) is 6.54 Å². The summed E-state index contributed by atoms with van der Waals surface area (Å²) in [4.78, 5) is 6.52. The van der Waals surface area contributed by atoms with Crippen molar-refractivity contribution in [2.45, 2.75) is 33.0 Å². The van der Waals surface area contributed by atoms with Crippen molar-refractivity contribution in [3.05, 3.63) is 10.6 Å². The second-order valence-electron chi connectivity index (χ2n) is 4.07. The highest BCUT2D eigenvalue weighted by Crippen LogP contribution is 2.28. The predicted molar refractivity (Wildman–Crippen MR) is 68.2 cm³/mol. The van der Waals surface area contributed by atoms with Crippen molar-refractivity contribution < 1.29 is 13.2 Å². The fourth-order valence-corrected chi connectivity index (χ4v) is 2.70. The van der Waals surface area contributed by atoms with E-state index in [-0.39, 0.29) is 0 Å². The SMILES string of the molecule is CCCN(CC(F)(F)F)c1nc(C)c(CNC)s1. The number of anilines is 1. The highest BCUT2D eigenvalue weighted by atomic mass is 32.1. The Morgan fingerprint density at radius 1 is 1.39 bits per heavy atom. The van der Waals surface area contributed by atoms with Crippen LogP contribution in [0, 0.1) is 6.92 Å². The van der Waals surface area contributed by atoms with Gasteiger partial charge in [0.2, 0.25) is 0 Å². The minimum atomic E-state index is -4.20. The van der Waals surface area contributed by atoms with Crippen LogP contribution >= 0.6 is 11.3 Å². The van der Waals surface area contributed by atoms with Crippen LogP contribution in [0.4, 0.5) is 18.3 Å². The van der Waals surface area contributed by atoms with Crippen LogP contribution in [0.2, 0.25) is 0 Å². The minimum absolute atomic E-state index is 0.367. The largest absolute Gasteiger partial charge is 0.406 e. The minimum Gasteiger partial charge on any atom is -0.339 e. The van der Waals surface area contributed by atoms with Gasteiger partial charge in [-0.3, -0.25) is 0 Å². The van der Waals surface area contributed by atoms with Gasteiger partial charge >= 0.3 is 6.18 Å². The second kappa shape index (κ2) is 6.38.